The van der Waals surface area contributed by atoms with Gasteiger partial charge in [-0.1, -0.05) is 47.5 Å². The molecule has 1 aliphatic carbocycles. The molecule has 0 amide bonds. The van der Waals surface area contributed by atoms with Gasteiger partial charge in [0.15, 0.2) is 0 Å². The molecule has 1 unspecified atom stereocenters. The highest BCUT2D eigenvalue weighted by molar-refractivity contribution is 4.90. The van der Waals surface area contributed by atoms with E-state index in [1.807, 2.05) is 13.8 Å². The van der Waals surface area contributed by atoms with Gasteiger partial charge >= 0.3 is 0 Å². The Morgan fingerprint density at radius 1 is 1.18 bits per heavy atom. The number of rotatable bonds is 2. The highest BCUT2D eigenvalue weighted by Crippen LogP contribution is 2.51. The smallest absolute Gasteiger partial charge is 0.0277 e. The van der Waals surface area contributed by atoms with Gasteiger partial charge in [0, 0.05) is 0 Å². The Morgan fingerprint density at radius 3 is 1.64 bits per heavy atom. The van der Waals surface area contributed by atoms with Crippen molar-refractivity contribution in [2.45, 2.75) is 60.3 Å². The summed E-state index contributed by atoms with van der Waals surface area (Å²) >= 11 is 0. The second-order valence-corrected chi connectivity index (χ2v) is 3.51. The Balaban J connectivity index is 0.000000461. The van der Waals surface area contributed by atoms with Crippen LogP contribution in [0.4, 0.5) is 0 Å². The molecule has 0 aromatic rings. The van der Waals surface area contributed by atoms with Gasteiger partial charge in [0.1, 0.15) is 0 Å². The van der Waals surface area contributed by atoms with Crippen molar-refractivity contribution >= 4 is 0 Å². The summed E-state index contributed by atoms with van der Waals surface area (Å²) in [7, 11) is 0. The Kier molecular flexibility index (Phi) is 4.79. The van der Waals surface area contributed by atoms with Crippen molar-refractivity contribution in [3.63, 3.8) is 0 Å². The molecular weight excluding hydrogens is 132 g/mol. The van der Waals surface area contributed by atoms with E-state index in [2.05, 4.69) is 20.8 Å². The van der Waals surface area contributed by atoms with E-state index in [0.717, 1.165) is 11.3 Å². The Labute approximate surface area is 72.4 Å². The van der Waals surface area contributed by atoms with E-state index in [0.29, 0.717) is 0 Å². The molecule has 1 saturated carbocycles. The van der Waals surface area contributed by atoms with Crippen molar-refractivity contribution in [1.82, 2.24) is 0 Å². The molecule has 0 aromatic heterocycles. The fourth-order valence-electron chi connectivity index (χ4n) is 2.14. The van der Waals surface area contributed by atoms with E-state index >= 15 is 0 Å². The Hall–Kier alpha value is 0. The lowest BCUT2D eigenvalue weighted by atomic mass is 9.58. The fourth-order valence-corrected chi connectivity index (χ4v) is 2.14. The molecule has 0 aromatic carbocycles. The average molecular weight is 156 g/mol. The van der Waals surface area contributed by atoms with Gasteiger partial charge in [-0.15, -0.1) is 0 Å². The standard InChI is InChI=1S/C9H18.C2H6/c1-4-9(5-2)7-6-8(9)3;1-2/h8H,4-7H2,1-3H3;1-2H3. The molecule has 0 nitrogen and oxygen atoms in total. The first-order valence-corrected chi connectivity index (χ1v) is 5.25. The van der Waals surface area contributed by atoms with Crippen molar-refractivity contribution < 1.29 is 0 Å². The minimum atomic E-state index is 0.764. The first-order valence-electron chi connectivity index (χ1n) is 5.25. The Bertz CT molecular complexity index is 84.7. The Morgan fingerprint density at radius 2 is 1.64 bits per heavy atom. The molecular formula is C11H24. The minimum absolute atomic E-state index is 0.764. The monoisotopic (exact) mass is 156 g/mol. The third-order valence-electron chi connectivity index (χ3n) is 3.53. The molecule has 0 aliphatic heterocycles. The summed E-state index contributed by atoms with van der Waals surface area (Å²) in [6.45, 7) is 11.1. The lowest BCUT2D eigenvalue weighted by Gasteiger charge is -2.47. The third kappa shape index (κ3) is 1.98. The van der Waals surface area contributed by atoms with Crippen LogP contribution in [-0.2, 0) is 0 Å². The van der Waals surface area contributed by atoms with Crippen molar-refractivity contribution in [3.05, 3.63) is 0 Å². The van der Waals surface area contributed by atoms with Gasteiger partial charge in [0.25, 0.3) is 0 Å². The van der Waals surface area contributed by atoms with E-state index in [-0.39, 0.29) is 0 Å². The van der Waals surface area contributed by atoms with Gasteiger partial charge in [-0.05, 0) is 24.2 Å². The van der Waals surface area contributed by atoms with Gasteiger partial charge in [-0.25, -0.2) is 0 Å². The normalized spacial score (nSPS) is 26.5. The van der Waals surface area contributed by atoms with E-state index in [9.17, 15) is 0 Å². The van der Waals surface area contributed by atoms with Crippen LogP contribution in [0.25, 0.3) is 0 Å². The second kappa shape index (κ2) is 4.79. The highest BCUT2D eigenvalue weighted by atomic mass is 14.4. The van der Waals surface area contributed by atoms with Crippen LogP contribution < -0.4 is 0 Å². The fraction of sp³-hybridized carbons (Fsp3) is 1.00. The maximum atomic E-state index is 2.40. The predicted molar refractivity (Wildman–Crippen MR) is 52.8 cm³/mol. The summed E-state index contributed by atoms with van der Waals surface area (Å²) in [6.07, 6.45) is 5.75. The molecule has 0 N–H and O–H groups in total. The quantitative estimate of drug-likeness (QED) is 0.560. The van der Waals surface area contributed by atoms with Crippen molar-refractivity contribution in [3.8, 4) is 0 Å². The molecule has 0 heteroatoms. The molecule has 0 saturated heterocycles. The van der Waals surface area contributed by atoms with Crippen LogP contribution in [0.15, 0.2) is 0 Å². The molecule has 1 aliphatic rings. The molecule has 1 rings (SSSR count). The number of hydrogen-bond donors (Lipinski definition) is 0. The SMILES string of the molecule is CC.CCC1(CC)CCC1C. The lowest BCUT2D eigenvalue weighted by molar-refractivity contribution is 0.0346. The highest BCUT2D eigenvalue weighted by Gasteiger charge is 2.40. The van der Waals surface area contributed by atoms with E-state index < -0.39 is 0 Å². The zero-order chi connectivity index (χ0) is 8.91. The van der Waals surface area contributed by atoms with E-state index in [1.165, 1.54) is 25.7 Å². The minimum Gasteiger partial charge on any atom is -0.0683 e. The van der Waals surface area contributed by atoms with Crippen LogP contribution in [0.2, 0.25) is 0 Å². The van der Waals surface area contributed by atoms with E-state index in [4.69, 9.17) is 0 Å². The van der Waals surface area contributed by atoms with Crippen LogP contribution in [0.5, 0.6) is 0 Å². The predicted octanol–water partition coefficient (Wildman–Crippen LogP) is 4.25. The molecule has 68 valence electrons. The summed E-state index contributed by atoms with van der Waals surface area (Å²) in [5, 5.41) is 0. The summed E-state index contributed by atoms with van der Waals surface area (Å²) < 4.78 is 0. The van der Waals surface area contributed by atoms with Crippen molar-refractivity contribution in [1.29, 1.82) is 0 Å². The van der Waals surface area contributed by atoms with Gasteiger partial charge in [0.05, 0.1) is 0 Å². The third-order valence-corrected chi connectivity index (χ3v) is 3.53. The lowest BCUT2D eigenvalue weighted by Crippen LogP contribution is -2.36. The first kappa shape index (κ1) is 11.0. The zero-order valence-corrected chi connectivity index (χ0v) is 8.91. The maximum absolute atomic E-state index is 2.40. The molecule has 0 spiro atoms. The molecule has 1 fully saturated rings. The van der Waals surface area contributed by atoms with Gasteiger partial charge < -0.3 is 0 Å². The first-order chi connectivity index (χ1) is 5.25. The molecule has 0 bridgehead atoms. The van der Waals surface area contributed by atoms with Crippen molar-refractivity contribution in [2.75, 3.05) is 0 Å². The maximum Gasteiger partial charge on any atom is -0.0277 e. The van der Waals surface area contributed by atoms with Crippen LogP contribution in [0.1, 0.15) is 60.3 Å². The van der Waals surface area contributed by atoms with Gasteiger partial charge in [0.2, 0.25) is 0 Å². The second-order valence-electron chi connectivity index (χ2n) is 3.51. The van der Waals surface area contributed by atoms with Gasteiger partial charge in [-0.3, -0.25) is 0 Å². The molecule has 0 heterocycles. The van der Waals surface area contributed by atoms with Crippen LogP contribution in [-0.4, -0.2) is 0 Å². The summed E-state index contributed by atoms with van der Waals surface area (Å²) in [6, 6.07) is 0. The summed E-state index contributed by atoms with van der Waals surface area (Å²) in [5.41, 5.74) is 0.764. The van der Waals surface area contributed by atoms with Crippen LogP contribution in [0.3, 0.4) is 0 Å². The molecule has 0 radical (unpaired) electrons. The van der Waals surface area contributed by atoms with Gasteiger partial charge in [-0.2, -0.15) is 0 Å². The van der Waals surface area contributed by atoms with Crippen LogP contribution >= 0.6 is 0 Å². The summed E-state index contributed by atoms with van der Waals surface area (Å²) in [5.74, 6) is 1.01. The topological polar surface area (TPSA) is 0 Å². The number of hydrogen-bond acceptors (Lipinski definition) is 0. The van der Waals surface area contributed by atoms with Crippen molar-refractivity contribution in [2.24, 2.45) is 11.3 Å². The zero-order valence-electron chi connectivity index (χ0n) is 8.91. The molecule has 11 heavy (non-hydrogen) atoms. The summed E-state index contributed by atoms with van der Waals surface area (Å²) in [4.78, 5) is 0. The van der Waals surface area contributed by atoms with Crippen LogP contribution in [0, 0.1) is 11.3 Å². The average Bonchev–Trinajstić information content (AvgIpc) is 2.08. The molecule has 1 atom stereocenters. The van der Waals surface area contributed by atoms with E-state index in [1.54, 1.807) is 0 Å². The largest absolute Gasteiger partial charge is 0.0683 e.